The summed E-state index contributed by atoms with van der Waals surface area (Å²) in [5.74, 6) is 5.76. The number of imidazole rings is 6. The zero-order chi connectivity index (χ0) is 82.3. The Morgan fingerprint density at radius 3 is 1.34 bits per heavy atom. The van der Waals surface area contributed by atoms with Crippen molar-refractivity contribution >= 4 is 17.1 Å². The Morgan fingerprint density at radius 1 is 0.435 bits per heavy atom. The molecule has 4 radical (unpaired) electrons. The normalized spacial score (nSPS) is 10.1. The second-order valence-corrected chi connectivity index (χ2v) is 26.6. The van der Waals surface area contributed by atoms with Gasteiger partial charge in [0.15, 0.2) is 12.2 Å². The van der Waals surface area contributed by atoms with Crippen LogP contribution in [0.4, 0.5) is 0 Å². The molecule has 1 N–H and O–H groups in total. The molecule has 0 spiro atoms. The van der Waals surface area contributed by atoms with Crippen LogP contribution in [-0.2, 0) is 134 Å². The molecular formula is C94H78Ir4N21O3PtS-5. The third-order valence-corrected chi connectivity index (χ3v) is 17.8. The first-order valence-corrected chi connectivity index (χ1v) is 38.2. The summed E-state index contributed by atoms with van der Waals surface area (Å²) in [6, 6.07) is 92.5. The number of para-hydroxylation sites is 1. The number of thiazole rings is 1. The van der Waals surface area contributed by atoms with Crippen LogP contribution in [0.25, 0.3) is 114 Å². The van der Waals surface area contributed by atoms with E-state index in [1.54, 1.807) is 68.8 Å². The topological polar surface area (TPSA) is 242 Å². The van der Waals surface area contributed by atoms with Gasteiger partial charge in [-0.2, -0.15) is 35.4 Å². The number of allylic oxidation sites excluding steroid dienone is 2. The zero-order valence-corrected chi connectivity index (χ0v) is 79.9. The van der Waals surface area contributed by atoms with Crippen molar-refractivity contribution in [3.8, 4) is 114 Å². The molecule has 20 rings (SSSR count). The van der Waals surface area contributed by atoms with E-state index < -0.39 is 0 Å². The monoisotopic (exact) mass is 2550 g/mol. The third-order valence-electron chi connectivity index (χ3n) is 17.2. The van der Waals surface area contributed by atoms with Crippen molar-refractivity contribution in [2.45, 2.75) is 13.8 Å². The molecule has 0 aliphatic carbocycles. The molecule has 0 aliphatic heterocycles. The number of aliphatic hydroxyl groups is 1. The SMILES string of the molecule is CC(=O)C=C(C)O.Cn1ccc(-n2[c-]ncc2-c2ccccc2)n1.Cn1ccc(-n2[c-]ncc2-c2ccccc2)n1.Cn1ccnc1-c1[c-]cccc1.Cn1cnc(-n2[c-]ncc2-c2ccccc2)c1.[Ir].[Ir].[Ir].[Ir].[Pt+2].[c-]1ccc(-c2ccccc2)n1-c1cscn1.[c-]1ccccc1-n1nccc1-c1ccccc1.[c-]1cnc(-c2ccccc2)n1-c1cocn1. The fraction of sp³-hybridized carbons (Fsp3) is 0.0638. The van der Waals surface area contributed by atoms with Gasteiger partial charge in [-0.1, -0.05) is 258 Å². The standard InChI is InChI=1S/C15H11N2.3C13H11N4.C13H9N2S.C12H8N3O.C10H9N2.C5H8O2.4Ir.Pt/c1-3-7-13(8-4-1)15-11-12-16-17(15)14-9-5-2-6-10-14;1-16-8-13(15-10-16)17-9-14-7-12(17)11-5-3-2-4-6-11;2*1-16-8-7-13(15-16)17-10-14-9-12(17)11-5-3-2-4-6-11;1-2-5-11(6-3-1)12-7-4-8-15(12)13-9-16-10-14-13;1-2-4-10(5-3-1)12-13-6-7-15(12)11-8-16-9-14-11;1-12-8-7-11-10(12)9-5-3-2-4-6-9;1-4(6)3-5(2)7;;;;;/h1-9,11-12H;2-8,10H,1H3;2*2-9H,1H3;1-7,9-10H;1-6,8-9H;2-5,7-8H,1H3;3,6H,1-2H3;;;;;/q7*-1;;;;;;+2. The maximum atomic E-state index is 10.0. The fourth-order valence-electron chi connectivity index (χ4n) is 11.8. The Hall–Kier alpha value is -12.7. The van der Waals surface area contributed by atoms with Gasteiger partial charge in [0.25, 0.3) is 0 Å². The minimum atomic E-state index is -0.125. The van der Waals surface area contributed by atoms with E-state index in [1.165, 1.54) is 31.9 Å². The van der Waals surface area contributed by atoms with Gasteiger partial charge in [0, 0.05) is 182 Å². The minimum absolute atomic E-state index is 0. The number of ketones is 1. The molecule has 12 heterocycles. The minimum Gasteiger partial charge on any atom is -0.512 e. The van der Waals surface area contributed by atoms with E-state index in [4.69, 9.17) is 9.52 Å². The molecule has 0 unspecified atom stereocenters. The number of nitrogens with zero attached hydrogens (tertiary/aromatic N) is 21. The molecule has 20 aromatic rings. The number of oxazole rings is 1. The van der Waals surface area contributed by atoms with E-state index >= 15 is 0 Å². The van der Waals surface area contributed by atoms with Gasteiger partial charge in [-0.05, 0) is 54.9 Å². The van der Waals surface area contributed by atoms with Crippen LogP contribution in [0.1, 0.15) is 13.8 Å². The number of carbonyl (C=O) groups is 1. The molecule has 24 nitrogen and oxygen atoms in total. The quantitative estimate of drug-likeness (QED) is 0.0605. The van der Waals surface area contributed by atoms with Gasteiger partial charge in [0.2, 0.25) is 0 Å². The van der Waals surface area contributed by atoms with Crippen molar-refractivity contribution in [3.05, 3.63) is 408 Å². The van der Waals surface area contributed by atoms with Gasteiger partial charge in [-0.25, -0.2) is 10.2 Å². The molecule has 0 atom stereocenters. The number of hydrogen-bond acceptors (Lipinski definition) is 15. The Bertz CT molecular complexity index is 5940. The summed E-state index contributed by atoms with van der Waals surface area (Å²) in [6.45, 7) is 2.85. The van der Waals surface area contributed by atoms with E-state index in [1.807, 2.05) is 333 Å². The summed E-state index contributed by atoms with van der Waals surface area (Å²) in [4.78, 5) is 43.4. The van der Waals surface area contributed by atoms with Crippen LogP contribution in [0.5, 0.6) is 0 Å². The summed E-state index contributed by atoms with van der Waals surface area (Å²) in [6.07, 6.45) is 39.1. The number of aryl methyl sites for hydroxylation is 4. The molecule has 30 heteroatoms. The predicted molar refractivity (Wildman–Crippen MR) is 460 cm³/mol. The fourth-order valence-corrected chi connectivity index (χ4v) is 12.3. The van der Waals surface area contributed by atoms with Crippen LogP contribution in [0, 0.1) is 43.5 Å². The van der Waals surface area contributed by atoms with Crippen molar-refractivity contribution in [2.75, 3.05) is 0 Å². The number of benzene rings is 8. The molecule has 0 fully saturated rings. The van der Waals surface area contributed by atoms with E-state index in [0.717, 1.165) is 102 Å². The number of carbonyl (C=O) groups excluding carboxylic acids is 1. The third kappa shape index (κ3) is 26.9. The first kappa shape index (κ1) is 96.7. The first-order chi connectivity index (χ1) is 58.4. The molecular weight excluding hydrogens is 2470 g/mol. The van der Waals surface area contributed by atoms with Crippen LogP contribution in [0.3, 0.4) is 0 Å². The van der Waals surface area contributed by atoms with Crippen molar-refractivity contribution in [1.29, 1.82) is 0 Å². The maximum Gasteiger partial charge on any atom is 2.00 e. The maximum absolute atomic E-state index is 10.0. The van der Waals surface area contributed by atoms with E-state index in [9.17, 15) is 4.79 Å². The Balaban J connectivity index is 0.000000176. The van der Waals surface area contributed by atoms with Crippen LogP contribution >= 0.6 is 11.3 Å². The van der Waals surface area contributed by atoms with Crippen LogP contribution in [0.2, 0.25) is 0 Å². The largest absolute Gasteiger partial charge is 2.00 e. The van der Waals surface area contributed by atoms with Crippen LogP contribution in [0.15, 0.2) is 369 Å². The van der Waals surface area contributed by atoms with Crippen LogP contribution < -0.4 is 0 Å². The summed E-state index contributed by atoms with van der Waals surface area (Å²) < 4.78 is 23.6. The van der Waals surface area contributed by atoms with Gasteiger partial charge < -0.3 is 61.4 Å². The molecule has 12 aromatic heterocycles. The second-order valence-electron chi connectivity index (χ2n) is 25.9. The van der Waals surface area contributed by atoms with Gasteiger partial charge in [0.05, 0.1) is 64.5 Å². The van der Waals surface area contributed by atoms with Gasteiger partial charge >= 0.3 is 21.1 Å². The van der Waals surface area contributed by atoms with Crippen molar-refractivity contribution in [2.24, 2.45) is 28.2 Å². The number of hydrogen-bond donors (Lipinski definition) is 1. The van der Waals surface area contributed by atoms with Crippen LogP contribution in [-0.4, -0.2) is 112 Å². The zero-order valence-electron chi connectivity index (χ0n) is 67.3. The van der Waals surface area contributed by atoms with Crippen molar-refractivity contribution in [3.63, 3.8) is 0 Å². The molecule has 634 valence electrons. The molecule has 0 saturated carbocycles. The van der Waals surface area contributed by atoms with Crippen molar-refractivity contribution < 1.29 is 116 Å². The summed E-state index contributed by atoms with van der Waals surface area (Å²) in [5.41, 5.74) is 15.6. The average molecular weight is 2550 g/mol. The van der Waals surface area contributed by atoms with E-state index in [0.29, 0.717) is 5.82 Å². The summed E-state index contributed by atoms with van der Waals surface area (Å²) in [7, 11) is 7.70. The van der Waals surface area contributed by atoms with Crippen molar-refractivity contribution in [1.82, 2.24) is 101 Å². The Kier molecular flexibility index (Phi) is 39.0. The molecule has 0 amide bonds. The van der Waals surface area contributed by atoms with Gasteiger partial charge in [0.1, 0.15) is 0 Å². The Morgan fingerprint density at radius 2 is 0.927 bits per heavy atom. The summed E-state index contributed by atoms with van der Waals surface area (Å²) in [5, 5.41) is 23.4. The predicted octanol–water partition coefficient (Wildman–Crippen LogP) is 18.2. The molecule has 0 aliphatic rings. The second kappa shape index (κ2) is 50.0. The Labute approximate surface area is 790 Å². The number of aliphatic hydroxyl groups excluding tert-OH is 1. The van der Waals surface area contributed by atoms with Gasteiger partial charge in [-0.15, -0.1) is 59.4 Å². The first-order valence-electron chi connectivity index (χ1n) is 37.2. The average Bonchev–Trinajstić information content (AvgIpc) is 1.70. The molecule has 0 bridgehead atoms. The molecule has 8 aromatic carbocycles. The number of aromatic nitrogens is 21. The smallest absolute Gasteiger partial charge is 0.512 e. The van der Waals surface area contributed by atoms with Gasteiger partial charge in [-0.3, -0.25) is 38.8 Å². The summed E-state index contributed by atoms with van der Waals surface area (Å²) >= 11 is 1.59. The van der Waals surface area contributed by atoms with E-state index in [-0.39, 0.29) is 113 Å². The molecule has 0 saturated heterocycles. The molecule has 124 heavy (non-hydrogen) atoms. The number of rotatable bonds is 14. The van der Waals surface area contributed by atoms with E-state index in [2.05, 4.69) is 129 Å².